The Morgan fingerprint density at radius 1 is 1.12 bits per heavy atom. The molecule has 0 bridgehead atoms. The maximum absolute atomic E-state index is 9.24. The predicted octanol–water partition coefficient (Wildman–Crippen LogP) is 4.46. The molecule has 3 rings (SSSR count). The summed E-state index contributed by atoms with van der Waals surface area (Å²) < 4.78 is 7.79. The molecule has 0 unspecified atom stereocenters. The second kappa shape index (κ2) is 8.39. The SMILES string of the molecule is Cl.N#Cc1ccc(Cn2ccnc2)cc1OCc1ccc(Cl)cc1. The predicted molar refractivity (Wildman–Crippen MR) is 95.5 cm³/mol. The van der Waals surface area contributed by atoms with Crippen LogP contribution in [0.25, 0.3) is 0 Å². The molecule has 2 aromatic carbocycles. The van der Waals surface area contributed by atoms with Crippen molar-refractivity contribution in [1.82, 2.24) is 9.55 Å². The number of hydrogen-bond acceptors (Lipinski definition) is 3. The topological polar surface area (TPSA) is 50.8 Å². The van der Waals surface area contributed by atoms with Crippen LogP contribution >= 0.6 is 24.0 Å². The lowest BCUT2D eigenvalue weighted by Gasteiger charge is -2.10. The van der Waals surface area contributed by atoms with Crippen LogP contribution in [0.4, 0.5) is 0 Å². The first-order chi connectivity index (χ1) is 11.2. The lowest BCUT2D eigenvalue weighted by atomic mass is 10.1. The molecule has 0 atom stereocenters. The standard InChI is InChI=1S/C18H14ClN3O.ClH/c19-17-5-2-14(3-6-17)12-23-18-9-15(1-4-16(18)10-20)11-22-8-7-21-13-22;/h1-9,13H,11-12H2;1H. The van der Waals surface area contributed by atoms with Crippen LogP contribution in [0.15, 0.2) is 61.2 Å². The minimum Gasteiger partial charge on any atom is -0.488 e. The van der Waals surface area contributed by atoms with Crippen LogP contribution in [0.5, 0.6) is 5.75 Å². The van der Waals surface area contributed by atoms with Crippen LogP contribution < -0.4 is 4.74 Å². The number of rotatable bonds is 5. The summed E-state index contributed by atoms with van der Waals surface area (Å²) in [7, 11) is 0. The monoisotopic (exact) mass is 359 g/mol. The highest BCUT2D eigenvalue weighted by Gasteiger charge is 2.06. The third-order valence-electron chi connectivity index (χ3n) is 3.40. The zero-order chi connectivity index (χ0) is 16.1. The zero-order valence-corrected chi connectivity index (χ0v) is 14.3. The summed E-state index contributed by atoms with van der Waals surface area (Å²) >= 11 is 5.87. The summed E-state index contributed by atoms with van der Waals surface area (Å²) in [4.78, 5) is 4.03. The van der Waals surface area contributed by atoms with Gasteiger partial charge in [-0.25, -0.2) is 4.98 Å². The fourth-order valence-corrected chi connectivity index (χ4v) is 2.34. The van der Waals surface area contributed by atoms with Gasteiger partial charge in [-0.1, -0.05) is 29.8 Å². The molecule has 3 aromatic rings. The number of aromatic nitrogens is 2. The van der Waals surface area contributed by atoms with Crippen molar-refractivity contribution in [1.29, 1.82) is 5.26 Å². The van der Waals surface area contributed by atoms with E-state index in [2.05, 4.69) is 11.1 Å². The molecule has 0 fully saturated rings. The molecule has 0 radical (unpaired) electrons. The summed E-state index contributed by atoms with van der Waals surface area (Å²) in [5, 5.41) is 9.93. The van der Waals surface area contributed by atoms with Gasteiger partial charge in [0.05, 0.1) is 11.9 Å². The van der Waals surface area contributed by atoms with Gasteiger partial charge in [-0.2, -0.15) is 5.26 Å². The molecule has 0 aliphatic carbocycles. The molecule has 0 aliphatic rings. The third kappa shape index (κ3) is 4.51. The lowest BCUT2D eigenvalue weighted by Crippen LogP contribution is -2.00. The Morgan fingerprint density at radius 3 is 2.54 bits per heavy atom. The fraction of sp³-hybridized carbons (Fsp3) is 0.111. The zero-order valence-electron chi connectivity index (χ0n) is 12.7. The highest BCUT2D eigenvalue weighted by Crippen LogP contribution is 2.22. The average molecular weight is 360 g/mol. The van der Waals surface area contributed by atoms with Crippen LogP contribution in [-0.4, -0.2) is 9.55 Å². The van der Waals surface area contributed by atoms with Crippen molar-refractivity contribution < 1.29 is 4.74 Å². The Balaban J connectivity index is 0.00000208. The van der Waals surface area contributed by atoms with E-state index in [-0.39, 0.29) is 12.4 Å². The number of hydrogen-bond donors (Lipinski definition) is 0. The van der Waals surface area contributed by atoms with Crippen molar-refractivity contribution in [2.24, 2.45) is 0 Å². The molecule has 0 saturated heterocycles. The minimum absolute atomic E-state index is 0. The maximum atomic E-state index is 9.24. The molecule has 122 valence electrons. The first kappa shape index (κ1) is 17.9. The number of nitrogens with zero attached hydrogens (tertiary/aromatic N) is 3. The minimum atomic E-state index is 0. The van der Waals surface area contributed by atoms with Crippen molar-refractivity contribution in [3.8, 4) is 11.8 Å². The van der Waals surface area contributed by atoms with Gasteiger partial charge < -0.3 is 9.30 Å². The van der Waals surface area contributed by atoms with E-state index in [1.807, 2.05) is 47.2 Å². The first-order valence-corrected chi connectivity index (χ1v) is 7.48. The Kier molecular flexibility index (Phi) is 6.25. The number of nitriles is 1. The van der Waals surface area contributed by atoms with Gasteiger partial charge in [0.1, 0.15) is 18.4 Å². The normalized spacial score (nSPS) is 9.83. The summed E-state index contributed by atoms with van der Waals surface area (Å²) in [6.07, 6.45) is 5.39. The Hall–Kier alpha value is -2.48. The number of benzene rings is 2. The first-order valence-electron chi connectivity index (χ1n) is 7.10. The van der Waals surface area contributed by atoms with Gasteiger partial charge >= 0.3 is 0 Å². The Bertz CT molecular complexity index is 824. The number of halogens is 2. The van der Waals surface area contributed by atoms with E-state index < -0.39 is 0 Å². The largest absolute Gasteiger partial charge is 0.488 e. The smallest absolute Gasteiger partial charge is 0.137 e. The van der Waals surface area contributed by atoms with Gasteiger partial charge in [-0.3, -0.25) is 0 Å². The molecule has 0 aliphatic heterocycles. The lowest BCUT2D eigenvalue weighted by molar-refractivity contribution is 0.305. The molecule has 4 nitrogen and oxygen atoms in total. The quantitative estimate of drug-likeness (QED) is 0.675. The van der Waals surface area contributed by atoms with Crippen LogP contribution in [0.2, 0.25) is 5.02 Å². The van der Waals surface area contributed by atoms with Crippen molar-refractivity contribution >= 4 is 24.0 Å². The Morgan fingerprint density at radius 2 is 1.88 bits per heavy atom. The number of imidazole rings is 1. The second-order valence-electron chi connectivity index (χ2n) is 5.09. The van der Waals surface area contributed by atoms with E-state index in [0.717, 1.165) is 11.1 Å². The van der Waals surface area contributed by atoms with E-state index in [0.29, 0.717) is 29.5 Å². The average Bonchev–Trinajstić information content (AvgIpc) is 3.07. The summed E-state index contributed by atoms with van der Waals surface area (Å²) in [5.41, 5.74) is 2.57. The second-order valence-corrected chi connectivity index (χ2v) is 5.53. The molecule has 0 N–H and O–H groups in total. The number of ether oxygens (including phenoxy) is 1. The van der Waals surface area contributed by atoms with Gasteiger partial charge in [-0.05, 0) is 35.4 Å². The van der Waals surface area contributed by atoms with Gasteiger partial charge in [0.2, 0.25) is 0 Å². The summed E-state index contributed by atoms with van der Waals surface area (Å²) in [6, 6.07) is 15.2. The van der Waals surface area contributed by atoms with Crippen LogP contribution in [0, 0.1) is 11.3 Å². The van der Waals surface area contributed by atoms with Crippen LogP contribution in [0.1, 0.15) is 16.7 Å². The van der Waals surface area contributed by atoms with E-state index in [9.17, 15) is 5.26 Å². The van der Waals surface area contributed by atoms with E-state index in [1.54, 1.807) is 18.6 Å². The van der Waals surface area contributed by atoms with Crippen LogP contribution in [-0.2, 0) is 13.2 Å². The molecule has 0 spiro atoms. The molecule has 24 heavy (non-hydrogen) atoms. The van der Waals surface area contributed by atoms with Gasteiger partial charge in [0, 0.05) is 24.0 Å². The van der Waals surface area contributed by atoms with Crippen molar-refractivity contribution in [3.05, 3.63) is 82.9 Å². The Labute approximate surface area is 151 Å². The highest BCUT2D eigenvalue weighted by molar-refractivity contribution is 6.30. The third-order valence-corrected chi connectivity index (χ3v) is 3.65. The molecule has 0 amide bonds. The molecule has 6 heteroatoms. The van der Waals surface area contributed by atoms with E-state index in [1.165, 1.54) is 0 Å². The van der Waals surface area contributed by atoms with E-state index in [4.69, 9.17) is 16.3 Å². The summed E-state index contributed by atoms with van der Waals surface area (Å²) in [5.74, 6) is 0.583. The van der Waals surface area contributed by atoms with Crippen molar-refractivity contribution in [3.63, 3.8) is 0 Å². The van der Waals surface area contributed by atoms with Crippen molar-refractivity contribution in [2.45, 2.75) is 13.2 Å². The fourth-order valence-electron chi connectivity index (χ4n) is 2.21. The van der Waals surface area contributed by atoms with Gasteiger partial charge in [0.25, 0.3) is 0 Å². The molecule has 1 heterocycles. The molecule has 1 aromatic heterocycles. The van der Waals surface area contributed by atoms with Crippen molar-refractivity contribution in [2.75, 3.05) is 0 Å². The van der Waals surface area contributed by atoms with Gasteiger partial charge in [-0.15, -0.1) is 12.4 Å². The van der Waals surface area contributed by atoms with E-state index >= 15 is 0 Å². The molecular formula is C18H15Cl2N3O. The highest BCUT2D eigenvalue weighted by atomic mass is 35.5. The molecular weight excluding hydrogens is 345 g/mol. The maximum Gasteiger partial charge on any atom is 0.137 e. The summed E-state index contributed by atoms with van der Waals surface area (Å²) in [6.45, 7) is 1.07. The van der Waals surface area contributed by atoms with Gasteiger partial charge in [0.15, 0.2) is 0 Å². The molecule has 0 saturated carbocycles. The van der Waals surface area contributed by atoms with Crippen LogP contribution in [0.3, 0.4) is 0 Å².